The minimum Gasteiger partial charge on any atom is -0.325 e. The quantitative estimate of drug-likeness (QED) is 0.768. The summed E-state index contributed by atoms with van der Waals surface area (Å²) in [6, 6.07) is 10.7. The molecular formula is C15H23N. The molecule has 1 fully saturated rings. The molecule has 0 aliphatic heterocycles. The summed E-state index contributed by atoms with van der Waals surface area (Å²) < 4.78 is 0. The van der Waals surface area contributed by atoms with E-state index in [0.29, 0.717) is 0 Å². The lowest BCUT2D eigenvalue weighted by Gasteiger charge is -2.28. The lowest BCUT2D eigenvalue weighted by atomic mass is 9.85. The zero-order valence-corrected chi connectivity index (χ0v) is 10.1. The van der Waals surface area contributed by atoms with E-state index >= 15 is 0 Å². The molecule has 1 aromatic rings. The van der Waals surface area contributed by atoms with Gasteiger partial charge < -0.3 is 5.73 Å². The molecule has 1 aromatic carbocycles. The fourth-order valence-corrected chi connectivity index (χ4v) is 2.72. The van der Waals surface area contributed by atoms with Gasteiger partial charge in [0.15, 0.2) is 0 Å². The number of nitrogens with two attached hydrogens (primary N) is 1. The van der Waals surface area contributed by atoms with Crippen molar-refractivity contribution in [3.63, 3.8) is 0 Å². The van der Waals surface area contributed by atoms with E-state index in [2.05, 4.69) is 30.3 Å². The summed E-state index contributed by atoms with van der Waals surface area (Å²) in [6.45, 7) is 0. The average Bonchev–Trinajstić information content (AvgIpc) is 2.54. The van der Waals surface area contributed by atoms with Gasteiger partial charge in [0.25, 0.3) is 0 Å². The minimum atomic E-state index is 0.117. The number of rotatable bonds is 3. The predicted octanol–water partition coefficient (Wildman–Crippen LogP) is 3.67. The van der Waals surface area contributed by atoms with Crippen molar-refractivity contribution in [3.05, 3.63) is 35.9 Å². The van der Waals surface area contributed by atoms with Crippen LogP contribution in [0.1, 0.15) is 50.5 Å². The Balaban J connectivity index is 1.88. The van der Waals surface area contributed by atoms with Gasteiger partial charge in [-0.05, 0) is 31.2 Å². The second-order valence-electron chi connectivity index (χ2n) is 5.26. The minimum absolute atomic E-state index is 0.117. The SMILES string of the molecule is NC1(CCc2ccccc2)CCCCCC1. The van der Waals surface area contributed by atoms with Crippen LogP contribution in [0.5, 0.6) is 0 Å². The van der Waals surface area contributed by atoms with Crippen molar-refractivity contribution in [2.75, 3.05) is 0 Å². The Kier molecular flexibility index (Phi) is 4.00. The summed E-state index contributed by atoms with van der Waals surface area (Å²) in [5.74, 6) is 0. The highest BCUT2D eigenvalue weighted by molar-refractivity contribution is 5.15. The number of aryl methyl sites for hydroxylation is 1. The van der Waals surface area contributed by atoms with E-state index in [0.717, 1.165) is 12.8 Å². The number of hydrogen-bond donors (Lipinski definition) is 1. The van der Waals surface area contributed by atoms with Gasteiger partial charge in [0.1, 0.15) is 0 Å². The van der Waals surface area contributed by atoms with Crippen molar-refractivity contribution in [1.82, 2.24) is 0 Å². The standard InChI is InChI=1S/C15H23N/c16-15(11-6-1-2-7-12-15)13-10-14-8-4-3-5-9-14/h3-5,8-9H,1-2,6-7,10-13,16H2. The maximum absolute atomic E-state index is 6.51. The van der Waals surface area contributed by atoms with Crippen molar-refractivity contribution in [3.8, 4) is 0 Å². The Morgan fingerprint density at radius 2 is 1.56 bits per heavy atom. The molecule has 0 aromatic heterocycles. The second kappa shape index (κ2) is 5.49. The van der Waals surface area contributed by atoms with Gasteiger partial charge in [0.05, 0.1) is 0 Å². The van der Waals surface area contributed by atoms with Gasteiger partial charge in [-0.25, -0.2) is 0 Å². The molecule has 0 radical (unpaired) electrons. The fourth-order valence-electron chi connectivity index (χ4n) is 2.72. The maximum atomic E-state index is 6.51. The van der Waals surface area contributed by atoms with Crippen LogP contribution in [0.2, 0.25) is 0 Å². The van der Waals surface area contributed by atoms with Crippen LogP contribution in [0.15, 0.2) is 30.3 Å². The monoisotopic (exact) mass is 217 g/mol. The van der Waals surface area contributed by atoms with Gasteiger partial charge in [-0.2, -0.15) is 0 Å². The third-order valence-electron chi connectivity index (χ3n) is 3.85. The zero-order chi connectivity index (χ0) is 11.3. The van der Waals surface area contributed by atoms with Crippen LogP contribution in [0.25, 0.3) is 0 Å². The third-order valence-corrected chi connectivity index (χ3v) is 3.85. The van der Waals surface area contributed by atoms with Gasteiger partial charge in [-0.15, -0.1) is 0 Å². The van der Waals surface area contributed by atoms with Crippen LogP contribution in [0, 0.1) is 0 Å². The molecule has 88 valence electrons. The van der Waals surface area contributed by atoms with Crippen LogP contribution in [-0.2, 0) is 6.42 Å². The van der Waals surface area contributed by atoms with Crippen molar-refractivity contribution >= 4 is 0 Å². The van der Waals surface area contributed by atoms with E-state index in [1.807, 2.05) is 0 Å². The third kappa shape index (κ3) is 3.34. The van der Waals surface area contributed by atoms with Gasteiger partial charge in [0.2, 0.25) is 0 Å². The summed E-state index contributed by atoms with van der Waals surface area (Å²) in [7, 11) is 0. The second-order valence-corrected chi connectivity index (χ2v) is 5.26. The fraction of sp³-hybridized carbons (Fsp3) is 0.600. The summed E-state index contributed by atoms with van der Waals surface area (Å²) in [4.78, 5) is 0. The number of hydrogen-bond acceptors (Lipinski definition) is 1. The molecule has 1 heteroatoms. The highest BCUT2D eigenvalue weighted by Crippen LogP contribution is 2.28. The molecule has 16 heavy (non-hydrogen) atoms. The van der Waals surface area contributed by atoms with Crippen molar-refractivity contribution in [1.29, 1.82) is 0 Å². The van der Waals surface area contributed by atoms with Crippen LogP contribution in [0.3, 0.4) is 0 Å². The van der Waals surface area contributed by atoms with Crippen LogP contribution in [-0.4, -0.2) is 5.54 Å². The summed E-state index contributed by atoms with van der Waals surface area (Å²) >= 11 is 0. The molecule has 1 nitrogen and oxygen atoms in total. The molecule has 2 N–H and O–H groups in total. The van der Waals surface area contributed by atoms with E-state index in [1.165, 1.54) is 44.1 Å². The average molecular weight is 217 g/mol. The first kappa shape index (κ1) is 11.7. The first-order chi connectivity index (χ1) is 7.79. The first-order valence-corrected chi connectivity index (χ1v) is 6.61. The van der Waals surface area contributed by atoms with Crippen LogP contribution in [0.4, 0.5) is 0 Å². The largest absolute Gasteiger partial charge is 0.325 e. The number of benzene rings is 1. The Morgan fingerprint density at radius 3 is 2.19 bits per heavy atom. The molecule has 1 aliphatic carbocycles. The molecule has 0 bridgehead atoms. The van der Waals surface area contributed by atoms with Gasteiger partial charge in [0, 0.05) is 5.54 Å². The van der Waals surface area contributed by atoms with Crippen molar-refractivity contribution < 1.29 is 0 Å². The zero-order valence-electron chi connectivity index (χ0n) is 10.1. The first-order valence-electron chi connectivity index (χ1n) is 6.61. The topological polar surface area (TPSA) is 26.0 Å². The maximum Gasteiger partial charge on any atom is 0.0157 e. The molecule has 1 aliphatic rings. The van der Waals surface area contributed by atoms with Gasteiger partial charge >= 0.3 is 0 Å². The summed E-state index contributed by atoms with van der Waals surface area (Å²) in [5.41, 5.74) is 8.05. The van der Waals surface area contributed by atoms with Gasteiger partial charge in [-0.3, -0.25) is 0 Å². The van der Waals surface area contributed by atoms with Gasteiger partial charge in [-0.1, -0.05) is 56.0 Å². The van der Waals surface area contributed by atoms with E-state index in [1.54, 1.807) is 0 Å². The van der Waals surface area contributed by atoms with Crippen LogP contribution < -0.4 is 5.73 Å². The Labute approximate surface area is 99.0 Å². The smallest absolute Gasteiger partial charge is 0.0157 e. The molecule has 1 saturated carbocycles. The Hall–Kier alpha value is -0.820. The molecule has 0 spiro atoms. The van der Waals surface area contributed by atoms with E-state index in [9.17, 15) is 0 Å². The molecule has 0 atom stereocenters. The highest BCUT2D eigenvalue weighted by Gasteiger charge is 2.25. The molecular weight excluding hydrogens is 194 g/mol. The molecule has 0 unspecified atom stereocenters. The summed E-state index contributed by atoms with van der Waals surface area (Å²) in [5, 5.41) is 0. The molecule has 0 amide bonds. The Morgan fingerprint density at radius 1 is 0.938 bits per heavy atom. The van der Waals surface area contributed by atoms with Crippen molar-refractivity contribution in [2.24, 2.45) is 5.73 Å². The van der Waals surface area contributed by atoms with E-state index in [4.69, 9.17) is 5.73 Å². The normalized spacial score (nSPS) is 20.3. The molecule has 0 saturated heterocycles. The summed E-state index contributed by atoms with van der Waals surface area (Å²) in [6.07, 6.45) is 10.1. The predicted molar refractivity (Wildman–Crippen MR) is 69.4 cm³/mol. The van der Waals surface area contributed by atoms with E-state index < -0.39 is 0 Å². The highest BCUT2D eigenvalue weighted by atomic mass is 14.7. The molecule has 2 rings (SSSR count). The van der Waals surface area contributed by atoms with Crippen molar-refractivity contribution in [2.45, 2.75) is 56.9 Å². The lowest BCUT2D eigenvalue weighted by molar-refractivity contribution is 0.346. The van der Waals surface area contributed by atoms with E-state index in [-0.39, 0.29) is 5.54 Å². The lowest BCUT2D eigenvalue weighted by Crippen LogP contribution is -2.39. The van der Waals surface area contributed by atoms with Crippen LogP contribution >= 0.6 is 0 Å². The molecule has 0 heterocycles. The Bertz CT molecular complexity index is 296.